The summed E-state index contributed by atoms with van der Waals surface area (Å²) in [5.41, 5.74) is -0.919. The van der Waals surface area contributed by atoms with E-state index in [4.69, 9.17) is 18.9 Å². The van der Waals surface area contributed by atoms with Gasteiger partial charge in [-0.3, -0.25) is 9.59 Å². The van der Waals surface area contributed by atoms with Crippen molar-refractivity contribution in [3.05, 3.63) is 108 Å². The Morgan fingerprint density at radius 2 is 0.977 bits per heavy atom. The summed E-state index contributed by atoms with van der Waals surface area (Å²) >= 11 is 0. The maximum absolute atomic E-state index is 14.5. The minimum absolute atomic E-state index is 0.0564. The largest absolute Gasteiger partial charge is 0.469 e. The SMILES string of the molecule is CCOC(=O)[C@]12Oc3ccc(-c4ccccc4)cc3C(=O)[C@H]1[C@@H]1C(=O)c3cc(-c4ccccc4)ccc3O[C@@]12C(=O)OCC. The van der Waals surface area contributed by atoms with Crippen molar-refractivity contribution in [2.45, 2.75) is 25.0 Å². The first-order valence-electron chi connectivity index (χ1n) is 14.6. The van der Waals surface area contributed by atoms with E-state index in [9.17, 15) is 19.2 Å². The molecule has 0 spiro atoms. The Morgan fingerprint density at radius 3 is 1.34 bits per heavy atom. The number of esters is 2. The average Bonchev–Trinajstić information content (AvgIpc) is 3.05. The quantitative estimate of drug-likeness (QED) is 0.264. The van der Waals surface area contributed by atoms with E-state index in [0.29, 0.717) is 0 Å². The number of carbonyl (C=O) groups excluding carboxylic acids is 4. The molecule has 4 aromatic rings. The van der Waals surface area contributed by atoms with Crippen molar-refractivity contribution in [3.63, 3.8) is 0 Å². The highest BCUT2D eigenvalue weighted by Crippen LogP contribution is 2.64. The summed E-state index contributed by atoms with van der Waals surface area (Å²) in [4.78, 5) is 56.8. The zero-order valence-electron chi connectivity index (χ0n) is 24.1. The van der Waals surface area contributed by atoms with E-state index in [1.165, 1.54) is 0 Å². The molecule has 8 heteroatoms. The third-order valence-corrected chi connectivity index (χ3v) is 8.73. The molecule has 1 saturated carbocycles. The van der Waals surface area contributed by atoms with Crippen LogP contribution in [0, 0.1) is 11.8 Å². The number of benzene rings is 4. The topological polar surface area (TPSA) is 105 Å². The van der Waals surface area contributed by atoms with Crippen molar-refractivity contribution in [1.29, 1.82) is 0 Å². The Labute approximate surface area is 253 Å². The second kappa shape index (κ2) is 10.2. The van der Waals surface area contributed by atoms with Crippen LogP contribution in [-0.4, -0.2) is 47.9 Å². The van der Waals surface area contributed by atoms with Gasteiger partial charge in [-0.2, -0.15) is 0 Å². The van der Waals surface area contributed by atoms with Crippen LogP contribution < -0.4 is 9.47 Å². The first-order valence-corrected chi connectivity index (χ1v) is 14.6. The number of rotatable bonds is 6. The highest BCUT2D eigenvalue weighted by Gasteiger charge is 2.90. The summed E-state index contributed by atoms with van der Waals surface area (Å²) in [5, 5.41) is 0. The first-order chi connectivity index (χ1) is 21.4. The maximum Gasteiger partial charge on any atom is 0.356 e. The fraction of sp³-hybridized carbons (Fsp3) is 0.222. The van der Waals surface area contributed by atoms with Gasteiger partial charge in [0.05, 0.1) is 36.2 Å². The van der Waals surface area contributed by atoms with Crippen molar-refractivity contribution < 1.29 is 38.1 Å². The Hall–Kier alpha value is -5.24. The van der Waals surface area contributed by atoms with Crippen molar-refractivity contribution >= 4 is 23.5 Å². The molecule has 7 rings (SSSR count). The summed E-state index contributed by atoms with van der Waals surface area (Å²) in [7, 11) is 0. The van der Waals surface area contributed by atoms with E-state index in [2.05, 4.69) is 0 Å². The molecule has 0 N–H and O–H groups in total. The van der Waals surface area contributed by atoms with Gasteiger partial charge in [0.1, 0.15) is 11.5 Å². The standard InChI is InChI=1S/C36H28O8/c1-3-41-33(39)35-29(31(37)25-19-23(15-17-27(25)43-35)21-11-7-5-8-12-21)30-32(38)26-20-24(22-13-9-6-10-14-22)16-18-28(26)44-36(30,35)34(40)42-4-2/h5-20,29-30H,3-4H2,1-2H3/t29-,30-,35-,36-/m1/s1. The molecule has 1 aliphatic carbocycles. The zero-order valence-corrected chi connectivity index (χ0v) is 24.1. The molecule has 0 radical (unpaired) electrons. The Morgan fingerprint density at radius 1 is 0.591 bits per heavy atom. The lowest BCUT2D eigenvalue weighted by molar-refractivity contribution is -0.261. The molecule has 0 unspecified atom stereocenters. The van der Waals surface area contributed by atoms with Crippen molar-refractivity contribution in [3.8, 4) is 33.8 Å². The van der Waals surface area contributed by atoms with E-state index in [1.807, 2.05) is 60.7 Å². The molecule has 1 fully saturated rings. The number of ketones is 2. The van der Waals surface area contributed by atoms with E-state index in [1.54, 1.807) is 50.2 Å². The van der Waals surface area contributed by atoms with Gasteiger partial charge in [0.25, 0.3) is 11.2 Å². The predicted octanol–water partition coefficient (Wildman–Crippen LogP) is 5.72. The van der Waals surface area contributed by atoms with Gasteiger partial charge >= 0.3 is 11.9 Å². The molecular weight excluding hydrogens is 560 g/mol. The van der Waals surface area contributed by atoms with Crippen LogP contribution in [0.5, 0.6) is 11.5 Å². The van der Waals surface area contributed by atoms with Crippen LogP contribution in [0.25, 0.3) is 22.3 Å². The second-order valence-corrected chi connectivity index (χ2v) is 11.0. The Bertz CT molecular complexity index is 1700. The Balaban J connectivity index is 1.42. The summed E-state index contributed by atoms with van der Waals surface area (Å²) in [6.45, 7) is 3.10. The van der Waals surface area contributed by atoms with Gasteiger partial charge in [0.15, 0.2) is 11.6 Å². The van der Waals surface area contributed by atoms with Crippen LogP contribution in [0.15, 0.2) is 97.1 Å². The van der Waals surface area contributed by atoms with Gasteiger partial charge in [-0.25, -0.2) is 9.59 Å². The molecule has 44 heavy (non-hydrogen) atoms. The second-order valence-electron chi connectivity index (χ2n) is 11.0. The maximum atomic E-state index is 14.5. The highest BCUT2D eigenvalue weighted by atomic mass is 16.6. The lowest BCUT2D eigenvalue weighted by Gasteiger charge is -2.64. The van der Waals surface area contributed by atoms with Gasteiger partial charge in [-0.15, -0.1) is 0 Å². The van der Waals surface area contributed by atoms with Gasteiger partial charge in [-0.1, -0.05) is 72.8 Å². The lowest BCUT2D eigenvalue weighted by Crippen LogP contribution is -2.90. The molecule has 0 aromatic heterocycles. The molecule has 4 aromatic carbocycles. The third kappa shape index (κ3) is 3.63. The van der Waals surface area contributed by atoms with E-state index < -0.39 is 46.5 Å². The molecular formula is C36H28O8. The number of ether oxygens (including phenoxy) is 4. The summed E-state index contributed by atoms with van der Waals surface area (Å²) in [5.74, 6) is -5.60. The first kappa shape index (κ1) is 27.6. The van der Waals surface area contributed by atoms with Crippen molar-refractivity contribution in [2.75, 3.05) is 13.2 Å². The van der Waals surface area contributed by atoms with Crippen LogP contribution in [-0.2, 0) is 19.1 Å². The monoisotopic (exact) mass is 588 g/mol. The smallest absolute Gasteiger partial charge is 0.356 e. The van der Waals surface area contributed by atoms with Crippen LogP contribution in [0.2, 0.25) is 0 Å². The highest BCUT2D eigenvalue weighted by molar-refractivity contribution is 6.19. The molecule has 2 heterocycles. The summed E-state index contributed by atoms with van der Waals surface area (Å²) < 4.78 is 23.7. The lowest BCUT2D eigenvalue weighted by atomic mass is 9.45. The number of Topliss-reactive ketones (excluding diaryl/α,β-unsaturated/α-hetero) is 2. The molecule has 0 bridgehead atoms. The third-order valence-electron chi connectivity index (χ3n) is 8.73. The van der Waals surface area contributed by atoms with Gasteiger partial charge < -0.3 is 18.9 Å². The number of hydrogen-bond acceptors (Lipinski definition) is 8. The van der Waals surface area contributed by atoms with Gasteiger partial charge in [0.2, 0.25) is 0 Å². The van der Waals surface area contributed by atoms with Crippen molar-refractivity contribution in [2.24, 2.45) is 11.8 Å². The fourth-order valence-electron chi connectivity index (χ4n) is 6.83. The van der Waals surface area contributed by atoms with Crippen LogP contribution >= 0.6 is 0 Å². The normalized spacial score (nSPS) is 24.2. The van der Waals surface area contributed by atoms with Crippen LogP contribution in [0.4, 0.5) is 0 Å². The molecule has 220 valence electrons. The van der Waals surface area contributed by atoms with Gasteiger partial charge in [0, 0.05) is 0 Å². The van der Waals surface area contributed by atoms with E-state index >= 15 is 0 Å². The Kier molecular flexibility index (Phi) is 6.39. The van der Waals surface area contributed by atoms with E-state index in [-0.39, 0.29) is 35.8 Å². The zero-order chi connectivity index (χ0) is 30.6. The molecule has 4 atom stereocenters. The molecule has 3 aliphatic rings. The van der Waals surface area contributed by atoms with Gasteiger partial charge in [-0.05, 0) is 60.4 Å². The molecule has 8 nitrogen and oxygen atoms in total. The number of hydrogen-bond donors (Lipinski definition) is 0. The van der Waals surface area contributed by atoms with E-state index in [0.717, 1.165) is 22.3 Å². The minimum Gasteiger partial charge on any atom is -0.469 e. The summed E-state index contributed by atoms with van der Waals surface area (Å²) in [6.07, 6.45) is 0. The predicted molar refractivity (Wildman–Crippen MR) is 159 cm³/mol. The minimum atomic E-state index is -2.29. The molecule has 2 aliphatic heterocycles. The molecule has 0 saturated heterocycles. The van der Waals surface area contributed by atoms with Crippen LogP contribution in [0.3, 0.4) is 0 Å². The molecule has 0 amide bonds. The number of carbonyl (C=O) groups is 4. The average molecular weight is 589 g/mol. The fourth-order valence-corrected chi connectivity index (χ4v) is 6.83. The van der Waals surface area contributed by atoms with Crippen molar-refractivity contribution in [1.82, 2.24) is 0 Å². The summed E-state index contributed by atoms with van der Waals surface area (Å²) in [6, 6.07) is 29.0. The number of fused-ring (bicyclic) bond motifs is 6. The van der Waals surface area contributed by atoms with Crippen LogP contribution in [0.1, 0.15) is 34.6 Å².